The Kier molecular flexibility index (Phi) is 4.40. The van der Waals surface area contributed by atoms with Crippen molar-refractivity contribution in [2.45, 2.75) is 25.9 Å². The smallest absolute Gasteiger partial charge is 0.316 e. The zero-order chi connectivity index (χ0) is 16.2. The summed E-state index contributed by atoms with van der Waals surface area (Å²) in [5.74, 6) is -0.693. The van der Waals surface area contributed by atoms with Gasteiger partial charge in [-0.05, 0) is 19.8 Å². The number of aryl methyl sites for hydroxylation is 1. The molecule has 0 spiro atoms. The molecule has 23 heavy (non-hydrogen) atoms. The lowest BCUT2D eigenvalue weighted by atomic mass is 10.1. The minimum Gasteiger partial charge on any atom is -0.458 e. The fourth-order valence-corrected chi connectivity index (χ4v) is 2.39. The first-order chi connectivity index (χ1) is 11.1. The predicted molar refractivity (Wildman–Crippen MR) is 78.3 cm³/mol. The van der Waals surface area contributed by atoms with Gasteiger partial charge in [-0.2, -0.15) is 0 Å². The lowest BCUT2D eigenvalue weighted by Crippen LogP contribution is -2.44. The lowest BCUT2D eigenvalue weighted by Gasteiger charge is -2.32. The maximum absolute atomic E-state index is 12.8. The van der Waals surface area contributed by atoms with Crippen LogP contribution in [0.1, 0.15) is 29.0 Å². The van der Waals surface area contributed by atoms with E-state index in [0.29, 0.717) is 18.8 Å². The van der Waals surface area contributed by atoms with Crippen LogP contribution in [0.25, 0.3) is 0 Å². The number of carbonyl (C=O) groups is 1. The molecule has 0 N–H and O–H groups in total. The van der Waals surface area contributed by atoms with Gasteiger partial charge in [-0.15, -0.1) is 0 Å². The summed E-state index contributed by atoms with van der Waals surface area (Å²) < 4.78 is 18.4. The van der Waals surface area contributed by atoms with Crippen molar-refractivity contribution in [3.05, 3.63) is 42.0 Å². The molecule has 7 nitrogen and oxygen atoms in total. The van der Waals surface area contributed by atoms with E-state index in [2.05, 4.69) is 19.9 Å². The molecule has 3 heterocycles. The van der Waals surface area contributed by atoms with Crippen LogP contribution in [0.2, 0.25) is 0 Å². The Morgan fingerprint density at radius 2 is 2.00 bits per heavy atom. The lowest BCUT2D eigenvalue weighted by molar-refractivity contribution is 0.0510. The van der Waals surface area contributed by atoms with E-state index in [0.717, 1.165) is 30.9 Å². The Hall–Kier alpha value is -2.64. The summed E-state index contributed by atoms with van der Waals surface area (Å²) in [6.07, 6.45) is 6.51. The van der Waals surface area contributed by atoms with Crippen LogP contribution in [0.15, 0.2) is 24.8 Å². The summed E-state index contributed by atoms with van der Waals surface area (Å²) in [6.45, 7) is 2.86. The average Bonchev–Trinajstić information content (AvgIpc) is 2.57. The molecule has 1 saturated heterocycles. The van der Waals surface area contributed by atoms with E-state index in [4.69, 9.17) is 4.74 Å². The van der Waals surface area contributed by atoms with Crippen LogP contribution in [-0.2, 0) is 0 Å². The van der Waals surface area contributed by atoms with Crippen molar-refractivity contribution in [3.8, 4) is 6.01 Å². The molecule has 0 radical (unpaired) electrons. The monoisotopic (exact) mass is 317 g/mol. The van der Waals surface area contributed by atoms with Crippen molar-refractivity contribution in [2.75, 3.05) is 13.1 Å². The van der Waals surface area contributed by atoms with Crippen LogP contribution >= 0.6 is 0 Å². The Bertz CT molecular complexity index is 677. The number of aromatic nitrogens is 4. The minimum atomic E-state index is -0.518. The van der Waals surface area contributed by atoms with Gasteiger partial charge in [0.2, 0.25) is 0 Å². The van der Waals surface area contributed by atoms with Crippen LogP contribution < -0.4 is 4.74 Å². The first-order valence-corrected chi connectivity index (χ1v) is 7.34. The molecule has 2 aromatic rings. The van der Waals surface area contributed by atoms with Crippen LogP contribution in [0, 0.1) is 12.7 Å². The molecule has 0 aromatic carbocycles. The zero-order valence-electron chi connectivity index (χ0n) is 12.6. The van der Waals surface area contributed by atoms with Gasteiger partial charge in [-0.3, -0.25) is 9.78 Å². The highest BCUT2D eigenvalue weighted by atomic mass is 19.1. The molecule has 8 heteroatoms. The second-order valence-corrected chi connectivity index (χ2v) is 5.36. The molecule has 1 unspecified atom stereocenters. The van der Waals surface area contributed by atoms with Crippen LogP contribution in [0.3, 0.4) is 0 Å². The third-order valence-corrected chi connectivity index (χ3v) is 3.53. The Morgan fingerprint density at radius 1 is 1.22 bits per heavy atom. The number of rotatable bonds is 3. The van der Waals surface area contributed by atoms with E-state index >= 15 is 0 Å². The van der Waals surface area contributed by atoms with Gasteiger partial charge in [0.15, 0.2) is 5.82 Å². The Balaban J connectivity index is 1.64. The number of nitrogens with zero attached hydrogens (tertiary/aromatic N) is 5. The van der Waals surface area contributed by atoms with E-state index in [1.807, 2.05) is 6.92 Å². The third-order valence-electron chi connectivity index (χ3n) is 3.53. The topological polar surface area (TPSA) is 81.1 Å². The molecule has 2 aromatic heterocycles. The van der Waals surface area contributed by atoms with Gasteiger partial charge in [-0.1, -0.05) is 0 Å². The number of piperidine rings is 1. The Morgan fingerprint density at radius 3 is 2.70 bits per heavy atom. The van der Waals surface area contributed by atoms with E-state index in [1.54, 1.807) is 11.1 Å². The van der Waals surface area contributed by atoms with E-state index in [9.17, 15) is 9.18 Å². The number of halogens is 1. The van der Waals surface area contributed by atoms with Crippen molar-refractivity contribution < 1.29 is 13.9 Å². The highest BCUT2D eigenvalue weighted by Gasteiger charge is 2.27. The van der Waals surface area contributed by atoms with Gasteiger partial charge < -0.3 is 9.64 Å². The molecular formula is C15H16FN5O2. The van der Waals surface area contributed by atoms with Gasteiger partial charge in [0.1, 0.15) is 11.8 Å². The molecular weight excluding hydrogens is 301 g/mol. The van der Waals surface area contributed by atoms with Crippen LogP contribution in [0.5, 0.6) is 6.01 Å². The molecule has 0 aliphatic carbocycles. The second kappa shape index (κ2) is 6.64. The predicted octanol–water partition coefficient (Wildman–Crippen LogP) is 1.40. The van der Waals surface area contributed by atoms with Gasteiger partial charge in [0.05, 0.1) is 30.8 Å². The summed E-state index contributed by atoms with van der Waals surface area (Å²) in [5, 5.41) is 0. The normalized spacial score (nSPS) is 17.8. The molecule has 3 rings (SSSR count). The molecule has 1 amide bonds. The minimum absolute atomic E-state index is 0.112. The number of hydrogen-bond acceptors (Lipinski definition) is 6. The largest absolute Gasteiger partial charge is 0.458 e. The molecule has 0 saturated carbocycles. The van der Waals surface area contributed by atoms with Crippen LogP contribution in [0.4, 0.5) is 4.39 Å². The van der Waals surface area contributed by atoms with Gasteiger partial charge in [-0.25, -0.2) is 19.3 Å². The van der Waals surface area contributed by atoms with Gasteiger partial charge >= 0.3 is 6.01 Å². The number of likely N-dealkylation sites (tertiary alicyclic amines) is 1. The fraction of sp³-hybridized carbons (Fsp3) is 0.400. The standard InChI is InChI=1S/C15H16FN5O2/c1-10-5-18-13(8-17-10)14(22)21-4-2-3-12(9-21)23-15-19-6-11(16)7-20-15/h5-8,12H,2-4,9H2,1H3. The third kappa shape index (κ3) is 3.77. The summed E-state index contributed by atoms with van der Waals surface area (Å²) in [4.78, 5) is 29.9. The Labute approximate surface area is 132 Å². The van der Waals surface area contributed by atoms with E-state index in [-0.39, 0.29) is 18.0 Å². The molecule has 0 bridgehead atoms. The summed E-state index contributed by atoms with van der Waals surface area (Å²) in [5.41, 5.74) is 1.07. The van der Waals surface area contributed by atoms with Crippen LogP contribution in [-0.4, -0.2) is 49.9 Å². The van der Waals surface area contributed by atoms with E-state index in [1.165, 1.54) is 6.20 Å². The van der Waals surface area contributed by atoms with E-state index < -0.39 is 5.82 Å². The number of hydrogen-bond donors (Lipinski definition) is 0. The zero-order valence-corrected chi connectivity index (χ0v) is 12.6. The number of carbonyl (C=O) groups excluding carboxylic acids is 1. The molecule has 1 fully saturated rings. The molecule has 1 aliphatic heterocycles. The highest BCUT2D eigenvalue weighted by molar-refractivity contribution is 5.92. The summed E-state index contributed by atoms with van der Waals surface area (Å²) >= 11 is 0. The maximum atomic E-state index is 12.8. The van der Waals surface area contributed by atoms with Crippen molar-refractivity contribution in [1.82, 2.24) is 24.8 Å². The van der Waals surface area contributed by atoms with Gasteiger partial charge in [0.25, 0.3) is 5.91 Å². The maximum Gasteiger partial charge on any atom is 0.316 e. The van der Waals surface area contributed by atoms with Crippen molar-refractivity contribution in [3.63, 3.8) is 0 Å². The first-order valence-electron chi connectivity index (χ1n) is 7.34. The summed E-state index contributed by atoms with van der Waals surface area (Å²) in [7, 11) is 0. The molecule has 1 atom stereocenters. The average molecular weight is 317 g/mol. The number of amides is 1. The van der Waals surface area contributed by atoms with Crippen molar-refractivity contribution >= 4 is 5.91 Å². The molecule has 120 valence electrons. The fourth-order valence-electron chi connectivity index (χ4n) is 2.39. The van der Waals surface area contributed by atoms with Crippen molar-refractivity contribution in [1.29, 1.82) is 0 Å². The first kappa shape index (κ1) is 15.3. The SMILES string of the molecule is Cc1cnc(C(=O)N2CCCC(Oc3ncc(F)cn3)C2)cn1. The molecule has 1 aliphatic rings. The second-order valence-electron chi connectivity index (χ2n) is 5.36. The van der Waals surface area contributed by atoms with Gasteiger partial charge in [0, 0.05) is 12.7 Å². The quantitative estimate of drug-likeness (QED) is 0.851. The highest BCUT2D eigenvalue weighted by Crippen LogP contribution is 2.17. The summed E-state index contributed by atoms with van der Waals surface area (Å²) in [6, 6.07) is 0.112. The number of ether oxygens (including phenoxy) is 1. The van der Waals surface area contributed by atoms with Crippen molar-refractivity contribution in [2.24, 2.45) is 0 Å².